The van der Waals surface area contributed by atoms with Crippen LogP contribution in [0, 0.1) is 11.6 Å². The molecular weight excluding hydrogens is 357 g/mol. The Morgan fingerprint density at radius 1 is 1.40 bits per heavy atom. The van der Waals surface area contributed by atoms with Gasteiger partial charge in [0.25, 0.3) is 5.91 Å². The second kappa shape index (κ2) is 6.65. The Hall–Kier alpha value is -2.12. The zero-order chi connectivity index (χ0) is 18.2. The van der Waals surface area contributed by atoms with Gasteiger partial charge in [0.05, 0.1) is 11.8 Å². The van der Waals surface area contributed by atoms with E-state index in [2.05, 4.69) is 10.3 Å². The van der Waals surface area contributed by atoms with Crippen molar-refractivity contribution in [3.8, 4) is 0 Å². The van der Waals surface area contributed by atoms with Crippen LogP contribution in [0.3, 0.4) is 0 Å². The van der Waals surface area contributed by atoms with Gasteiger partial charge in [-0.2, -0.15) is 0 Å². The lowest BCUT2D eigenvalue weighted by Gasteiger charge is -2.32. The molecule has 1 heterocycles. The molecule has 25 heavy (non-hydrogen) atoms. The number of alkyl halides is 1. The van der Waals surface area contributed by atoms with E-state index in [-0.39, 0.29) is 41.2 Å². The molecule has 1 aliphatic rings. The third-order valence-electron chi connectivity index (χ3n) is 4.23. The molecule has 0 aliphatic heterocycles. The number of nitrogens with zero attached hydrogens (tertiary/aromatic N) is 1. The van der Waals surface area contributed by atoms with Gasteiger partial charge in [0.15, 0.2) is 11.6 Å². The summed E-state index contributed by atoms with van der Waals surface area (Å²) in [5.74, 6) is -3.17. The van der Waals surface area contributed by atoms with Gasteiger partial charge in [0.1, 0.15) is 0 Å². The number of fused-ring (bicyclic) bond motifs is 1. The second-order valence-corrected chi connectivity index (χ2v) is 6.24. The number of carbonyl (C=O) groups is 1. The summed E-state index contributed by atoms with van der Waals surface area (Å²) in [7, 11) is 0. The first-order chi connectivity index (χ1) is 11.8. The number of aliphatic hydroxyl groups excluding tert-OH is 1. The van der Waals surface area contributed by atoms with E-state index in [1.807, 2.05) is 0 Å². The minimum absolute atomic E-state index is 0.00244. The van der Waals surface area contributed by atoms with Gasteiger partial charge in [-0.3, -0.25) is 9.78 Å². The average molecular weight is 371 g/mol. The molecule has 2 aromatic rings. The molecule has 0 unspecified atom stereocenters. The maximum absolute atomic E-state index is 15.3. The third kappa shape index (κ3) is 3.21. The number of halogens is 4. The van der Waals surface area contributed by atoms with Crippen molar-refractivity contribution in [3.63, 3.8) is 0 Å². The van der Waals surface area contributed by atoms with Crippen LogP contribution in [0.2, 0.25) is 5.02 Å². The highest BCUT2D eigenvalue weighted by atomic mass is 35.5. The smallest absolute Gasteiger partial charge is 0.262 e. The molecule has 0 spiro atoms. The number of nitrogens with one attached hydrogen (secondary N) is 1. The fourth-order valence-corrected chi connectivity index (χ4v) is 3.09. The number of amides is 1. The van der Waals surface area contributed by atoms with Crippen LogP contribution in [0.5, 0.6) is 0 Å². The zero-order valence-corrected chi connectivity index (χ0v) is 13.7. The molecule has 1 amide bonds. The van der Waals surface area contributed by atoms with Crippen LogP contribution in [0.4, 0.5) is 13.2 Å². The summed E-state index contributed by atoms with van der Waals surface area (Å²) in [6.45, 7) is -0.265. The molecule has 4 nitrogen and oxygen atoms in total. The van der Waals surface area contributed by atoms with Crippen molar-refractivity contribution in [3.05, 3.63) is 63.9 Å². The summed E-state index contributed by atoms with van der Waals surface area (Å²) in [5.41, 5.74) is -2.12. The van der Waals surface area contributed by atoms with Crippen LogP contribution in [0.25, 0.3) is 0 Å². The highest BCUT2D eigenvalue weighted by molar-refractivity contribution is 6.31. The van der Waals surface area contributed by atoms with Gasteiger partial charge in [0, 0.05) is 23.3 Å². The number of benzene rings is 1. The third-order valence-corrected chi connectivity index (χ3v) is 4.58. The van der Waals surface area contributed by atoms with Gasteiger partial charge in [-0.05, 0) is 36.6 Å². The standard InChI is InChI=1S/C17H14ClF3N2O2/c18-11-7-13(20)12(19)6-9(11)8-23-16(25)17(21)4-3-14(24)15-10(17)2-1-5-22-15/h1-2,5-7,14,24H,3-4,8H2,(H,23,25)/t14-,17-/m0/s1. The number of hydrogen-bond donors (Lipinski definition) is 2. The van der Waals surface area contributed by atoms with E-state index in [0.29, 0.717) is 0 Å². The lowest BCUT2D eigenvalue weighted by atomic mass is 9.81. The molecule has 132 valence electrons. The molecule has 2 N–H and O–H groups in total. The molecule has 0 radical (unpaired) electrons. The molecule has 1 aromatic heterocycles. The molecular formula is C17H14ClF3N2O2. The molecule has 0 fully saturated rings. The fraction of sp³-hybridized carbons (Fsp3) is 0.294. The van der Waals surface area contributed by atoms with Crippen molar-refractivity contribution in [2.75, 3.05) is 0 Å². The topological polar surface area (TPSA) is 62.2 Å². The molecule has 3 rings (SSSR count). The van der Waals surface area contributed by atoms with Gasteiger partial charge >= 0.3 is 0 Å². The number of aliphatic hydroxyl groups is 1. The number of carbonyl (C=O) groups excluding carboxylic acids is 1. The Bertz CT molecular complexity index is 834. The minimum Gasteiger partial charge on any atom is -0.387 e. The largest absolute Gasteiger partial charge is 0.387 e. The van der Waals surface area contributed by atoms with Crippen LogP contribution in [0.1, 0.15) is 35.8 Å². The Morgan fingerprint density at radius 2 is 2.12 bits per heavy atom. The molecule has 1 aliphatic carbocycles. The molecule has 2 atom stereocenters. The lowest BCUT2D eigenvalue weighted by Crippen LogP contribution is -2.44. The molecule has 0 saturated carbocycles. The van der Waals surface area contributed by atoms with Gasteiger partial charge in [-0.1, -0.05) is 17.7 Å². The maximum Gasteiger partial charge on any atom is 0.262 e. The van der Waals surface area contributed by atoms with Crippen molar-refractivity contribution in [2.24, 2.45) is 0 Å². The Kier molecular flexibility index (Phi) is 4.71. The summed E-state index contributed by atoms with van der Waals surface area (Å²) in [5, 5.41) is 12.2. The summed E-state index contributed by atoms with van der Waals surface area (Å²) >= 11 is 5.81. The van der Waals surface area contributed by atoms with Crippen molar-refractivity contribution >= 4 is 17.5 Å². The van der Waals surface area contributed by atoms with Crippen molar-refractivity contribution in [1.82, 2.24) is 10.3 Å². The predicted octanol–water partition coefficient (Wildman–Crippen LogP) is 3.32. The maximum atomic E-state index is 15.3. The Labute approximate surface area is 146 Å². The highest BCUT2D eigenvalue weighted by Gasteiger charge is 2.46. The van der Waals surface area contributed by atoms with Crippen molar-refractivity contribution in [2.45, 2.75) is 31.2 Å². The second-order valence-electron chi connectivity index (χ2n) is 5.83. The number of pyridine rings is 1. The summed E-state index contributed by atoms with van der Waals surface area (Å²) < 4.78 is 41.7. The van der Waals surface area contributed by atoms with E-state index in [1.54, 1.807) is 0 Å². The van der Waals surface area contributed by atoms with E-state index in [1.165, 1.54) is 18.3 Å². The quantitative estimate of drug-likeness (QED) is 0.815. The van der Waals surface area contributed by atoms with E-state index in [9.17, 15) is 18.7 Å². The Balaban J connectivity index is 1.82. The van der Waals surface area contributed by atoms with Gasteiger partial charge in [-0.15, -0.1) is 0 Å². The zero-order valence-electron chi connectivity index (χ0n) is 12.9. The summed E-state index contributed by atoms with van der Waals surface area (Å²) in [6.07, 6.45) is 0.296. The van der Waals surface area contributed by atoms with Gasteiger partial charge < -0.3 is 10.4 Å². The van der Waals surface area contributed by atoms with E-state index in [0.717, 1.165) is 12.1 Å². The van der Waals surface area contributed by atoms with E-state index >= 15 is 4.39 Å². The lowest BCUT2D eigenvalue weighted by molar-refractivity contribution is -0.135. The van der Waals surface area contributed by atoms with Crippen LogP contribution >= 0.6 is 11.6 Å². The van der Waals surface area contributed by atoms with Crippen LogP contribution < -0.4 is 5.32 Å². The van der Waals surface area contributed by atoms with Gasteiger partial charge in [-0.25, -0.2) is 13.2 Å². The monoisotopic (exact) mass is 370 g/mol. The number of rotatable bonds is 3. The number of aromatic nitrogens is 1. The average Bonchev–Trinajstić information content (AvgIpc) is 2.60. The first-order valence-electron chi connectivity index (χ1n) is 7.57. The highest BCUT2D eigenvalue weighted by Crippen LogP contribution is 2.42. The van der Waals surface area contributed by atoms with Crippen LogP contribution in [0.15, 0.2) is 30.5 Å². The first-order valence-corrected chi connectivity index (χ1v) is 7.95. The van der Waals surface area contributed by atoms with Crippen molar-refractivity contribution in [1.29, 1.82) is 0 Å². The van der Waals surface area contributed by atoms with Gasteiger partial charge in [0.2, 0.25) is 5.67 Å². The fourth-order valence-electron chi connectivity index (χ4n) is 2.88. The SMILES string of the molecule is O=C(NCc1cc(F)c(F)cc1Cl)[C@]1(F)CC[C@H](O)c2ncccc21. The summed E-state index contributed by atoms with van der Waals surface area (Å²) in [4.78, 5) is 16.4. The van der Waals surface area contributed by atoms with Crippen molar-refractivity contribution < 1.29 is 23.1 Å². The number of hydrogen-bond acceptors (Lipinski definition) is 3. The minimum atomic E-state index is -2.37. The van der Waals surface area contributed by atoms with E-state index < -0.39 is 29.3 Å². The van der Waals surface area contributed by atoms with Crippen LogP contribution in [-0.2, 0) is 17.0 Å². The van der Waals surface area contributed by atoms with E-state index in [4.69, 9.17) is 11.6 Å². The molecule has 0 bridgehead atoms. The molecule has 8 heteroatoms. The molecule has 1 aromatic carbocycles. The predicted molar refractivity (Wildman–Crippen MR) is 84.4 cm³/mol. The first kappa shape index (κ1) is 17.7. The normalized spacial score (nSPS) is 22.4. The molecule has 0 saturated heterocycles. The summed E-state index contributed by atoms with van der Waals surface area (Å²) in [6, 6.07) is 4.52. The Morgan fingerprint density at radius 3 is 2.88 bits per heavy atom. The van der Waals surface area contributed by atoms with Crippen LogP contribution in [-0.4, -0.2) is 16.0 Å².